The van der Waals surface area contributed by atoms with E-state index in [1.54, 1.807) is 19.1 Å². The van der Waals surface area contributed by atoms with E-state index in [2.05, 4.69) is 31.9 Å². The molecule has 0 aromatic heterocycles. The Bertz CT molecular complexity index is 1420. The number of carbonyl (C=O) groups is 4. The van der Waals surface area contributed by atoms with Crippen LogP contribution < -0.4 is 0 Å². The van der Waals surface area contributed by atoms with E-state index in [1.807, 2.05) is 57.8 Å². The first-order valence-electron chi connectivity index (χ1n) is 20.7. The van der Waals surface area contributed by atoms with Gasteiger partial charge in [-0.2, -0.15) is 0 Å². The van der Waals surface area contributed by atoms with Crippen molar-refractivity contribution in [2.24, 2.45) is 35.5 Å². The average molecular weight is 754 g/mol. The van der Waals surface area contributed by atoms with Crippen LogP contribution in [0.15, 0.2) is 24.3 Å². The number of Topliss-reactive ketones (excluding diaryl/α,β-unsaturated/α-hetero) is 2. The van der Waals surface area contributed by atoms with Gasteiger partial charge in [0.2, 0.25) is 11.8 Å². The average Bonchev–Trinajstić information content (AvgIpc) is 3.90. The molecule has 54 heavy (non-hydrogen) atoms. The molecular formula is C44H71N3O7. The first kappa shape index (κ1) is 44.1. The fourth-order valence-electron chi connectivity index (χ4n) is 10.1. The number of ether oxygens (including phenoxy) is 2. The number of ketones is 2. The number of hydrogen-bond acceptors (Lipinski definition) is 8. The number of nitrogens with zero attached hydrogens (tertiary/aromatic N) is 3. The largest absolute Gasteiger partial charge is 0.396 e. The number of benzene rings is 1. The lowest BCUT2D eigenvalue weighted by Gasteiger charge is -2.41. The molecule has 0 spiro atoms. The van der Waals surface area contributed by atoms with Gasteiger partial charge < -0.3 is 24.4 Å². The highest BCUT2D eigenvalue weighted by atomic mass is 16.5. The van der Waals surface area contributed by atoms with Crippen molar-refractivity contribution in [1.29, 1.82) is 0 Å². The minimum atomic E-state index is -0.560. The molecule has 3 fully saturated rings. The highest BCUT2D eigenvalue weighted by molar-refractivity contribution is 5.90. The van der Waals surface area contributed by atoms with Crippen molar-refractivity contribution in [2.75, 3.05) is 41.5 Å². The van der Waals surface area contributed by atoms with Crippen molar-refractivity contribution >= 4 is 23.4 Å². The molecule has 4 rings (SSSR count). The van der Waals surface area contributed by atoms with Crippen LogP contribution in [0.4, 0.5) is 0 Å². The number of rotatable bonds is 21. The summed E-state index contributed by atoms with van der Waals surface area (Å²) < 4.78 is 12.1. The molecule has 1 saturated carbocycles. The Hall–Kier alpha value is -2.66. The molecule has 1 aliphatic carbocycles. The second-order valence-corrected chi connectivity index (χ2v) is 17.4. The molecule has 1 aromatic carbocycles. The summed E-state index contributed by atoms with van der Waals surface area (Å²) in [6.07, 6.45) is 5.72. The van der Waals surface area contributed by atoms with E-state index < -0.39 is 24.0 Å². The van der Waals surface area contributed by atoms with Gasteiger partial charge in [0.05, 0.1) is 36.8 Å². The topological polar surface area (TPSA) is 117 Å². The summed E-state index contributed by atoms with van der Waals surface area (Å²) in [5, 5.41) is 10.2. The number of fused-ring (bicyclic) bond motifs is 2. The maximum absolute atomic E-state index is 14.4. The van der Waals surface area contributed by atoms with Crippen molar-refractivity contribution in [3.8, 4) is 0 Å². The van der Waals surface area contributed by atoms with Gasteiger partial charge in [-0.25, -0.2) is 0 Å². The Kier molecular flexibility index (Phi) is 16.3. The number of methoxy groups -OCH3 is 2. The maximum atomic E-state index is 14.4. The number of likely N-dealkylation sites (tertiary alicyclic amines) is 2. The summed E-state index contributed by atoms with van der Waals surface area (Å²) in [5.41, 5.74) is 2.24. The van der Waals surface area contributed by atoms with Gasteiger partial charge in [-0.3, -0.25) is 24.1 Å². The van der Waals surface area contributed by atoms with Crippen molar-refractivity contribution in [3.05, 3.63) is 35.4 Å². The summed E-state index contributed by atoms with van der Waals surface area (Å²) >= 11 is 0. The zero-order valence-corrected chi connectivity index (χ0v) is 35.0. The first-order chi connectivity index (χ1) is 25.7. The van der Waals surface area contributed by atoms with Crippen molar-refractivity contribution in [2.45, 2.75) is 142 Å². The Morgan fingerprint density at radius 1 is 1.00 bits per heavy atom. The molecule has 0 radical (unpaired) electrons. The minimum absolute atomic E-state index is 0.0184. The van der Waals surface area contributed by atoms with Crippen LogP contribution in [-0.4, -0.2) is 121 Å². The normalized spacial score (nSPS) is 25.3. The van der Waals surface area contributed by atoms with Gasteiger partial charge in [0, 0.05) is 65.1 Å². The fourth-order valence-corrected chi connectivity index (χ4v) is 10.1. The monoisotopic (exact) mass is 754 g/mol. The van der Waals surface area contributed by atoms with Crippen molar-refractivity contribution in [3.63, 3.8) is 0 Å². The van der Waals surface area contributed by atoms with Gasteiger partial charge in [-0.1, -0.05) is 70.9 Å². The van der Waals surface area contributed by atoms with Gasteiger partial charge in [0.25, 0.3) is 0 Å². The zero-order chi connectivity index (χ0) is 39.9. The second kappa shape index (κ2) is 20.0. The van der Waals surface area contributed by atoms with Crippen LogP contribution in [-0.2, 0) is 35.1 Å². The third-order valence-electron chi connectivity index (χ3n) is 13.5. The standard InChI is InChI=1S/C44H71N3O7/c1-11-29(5)41(46(8)44(52)35(27(2)3)24-38(50)42-33-17-18-34(23-33)45(42)7)39(53-9)25-40(51)47-19-13-16-36(47)43(54-10)30(6)37(49)22-32(26-48)21-31-15-12-14-28(4)20-31/h12,14-15,20,27,29-30,32-36,39,41-43,48H,11,13,16-19,21-26H2,1-10H3/t29-,30-,32+,33-,34+,35-,36-,39+,41-,42-,43+/m0/s1. The second-order valence-electron chi connectivity index (χ2n) is 17.4. The SMILES string of the molecule is CC[C@H](C)[C@@H]([C@@H](CC(=O)N1CCC[C@H]1[C@H](OC)[C@@H](C)C(=O)C[C@H](CO)Cc1cccc(C)c1)OC)N(C)C(=O)[C@@H](CC(=O)[C@@H]1[C@H]2CC[C@H](C2)N1C)C(C)C. The zero-order valence-electron chi connectivity index (χ0n) is 35.0. The molecule has 11 atom stereocenters. The number of carbonyl (C=O) groups excluding carboxylic acids is 4. The quantitative estimate of drug-likeness (QED) is 0.169. The van der Waals surface area contributed by atoms with Gasteiger partial charge in [-0.05, 0) is 81.7 Å². The van der Waals surface area contributed by atoms with E-state index in [-0.39, 0.29) is 85.1 Å². The summed E-state index contributed by atoms with van der Waals surface area (Å²) in [4.78, 5) is 61.9. The first-order valence-corrected chi connectivity index (χ1v) is 20.7. The molecule has 10 heteroatoms. The highest BCUT2D eigenvalue weighted by Crippen LogP contribution is 2.42. The molecule has 3 aliphatic rings. The molecule has 1 N–H and O–H groups in total. The molecule has 2 aliphatic heterocycles. The molecule has 2 amide bonds. The summed E-state index contributed by atoms with van der Waals surface area (Å²) in [6.45, 7) is 12.6. The molecule has 0 unspecified atom stereocenters. The number of piperidine rings is 1. The summed E-state index contributed by atoms with van der Waals surface area (Å²) in [7, 11) is 7.08. The lowest BCUT2D eigenvalue weighted by Crippen LogP contribution is -2.54. The lowest BCUT2D eigenvalue weighted by molar-refractivity contribution is -0.149. The molecule has 2 bridgehead atoms. The van der Waals surface area contributed by atoms with E-state index in [0.717, 1.165) is 49.7 Å². The predicted molar refractivity (Wildman–Crippen MR) is 212 cm³/mol. The molecule has 10 nitrogen and oxygen atoms in total. The Morgan fingerprint density at radius 3 is 2.30 bits per heavy atom. The van der Waals surface area contributed by atoms with E-state index in [9.17, 15) is 24.3 Å². The smallest absolute Gasteiger partial charge is 0.226 e. The number of amides is 2. The molecule has 1 aromatic rings. The molecular weight excluding hydrogens is 682 g/mol. The molecule has 304 valence electrons. The van der Waals surface area contributed by atoms with Crippen LogP contribution in [0.1, 0.15) is 104 Å². The van der Waals surface area contributed by atoms with E-state index in [4.69, 9.17) is 9.47 Å². The van der Waals surface area contributed by atoms with E-state index in [1.165, 1.54) is 0 Å². The van der Waals surface area contributed by atoms with Crippen molar-refractivity contribution in [1.82, 2.24) is 14.7 Å². The number of likely N-dealkylation sites (N-methyl/N-ethyl adjacent to an activating group) is 2. The lowest BCUT2D eigenvalue weighted by atomic mass is 9.83. The van der Waals surface area contributed by atoms with Gasteiger partial charge in [0.15, 0.2) is 5.78 Å². The summed E-state index contributed by atoms with van der Waals surface area (Å²) in [6, 6.07) is 7.87. The number of hydrogen-bond donors (Lipinski definition) is 1. The van der Waals surface area contributed by atoms with Crippen LogP contribution in [0.25, 0.3) is 0 Å². The van der Waals surface area contributed by atoms with Crippen molar-refractivity contribution < 1.29 is 33.8 Å². The Labute approximate surface area is 325 Å². The predicted octanol–water partition coefficient (Wildman–Crippen LogP) is 5.74. The third kappa shape index (κ3) is 10.2. The van der Waals surface area contributed by atoms with Crippen LogP contribution in [0.3, 0.4) is 0 Å². The van der Waals surface area contributed by atoms with Crippen LogP contribution in [0.2, 0.25) is 0 Å². The Morgan fingerprint density at radius 2 is 1.72 bits per heavy atom. The van der Waals surface area contributed by atoms with Crippen LogP contribution in [0.5, 0.6) is 0 Å². The van der Waals surface area contributed by atoms with Gasteiger partial charge in [0.1, 0.15) is 5.78 Å². The number of aliphatic hydroxyl groups is 1. The maximum Gasteiger partial charge on any atom is 0.226 e. The van der Waals surface area contributed by atoms with Crippen LogP contribution in [0, 0.1) is 42.4 Å². The van der Waals surface area contributed by atoms with Gasteiger partial charge in [-0.15, -0.1) is 0 Å². The van der Waals surface area contributed by atoms with Gasteiger partial charge >= 0.3 is 0 Å². The number of aryl methyl sites for hydroxylation is 1. The van der Waals surface area contributed by atoms with E-state index >= 15 is 0 Å². The van der Waals surface area contributed by atoms with Crippen LogP contribution >= 0.6 is 0 Å². The minimum Gasteiger partial charge on any atom is -0.396 e. The molecule has 2 heterocycles. The van der Waals surface area contributed by atoms with E-state index in [0.29, 0.717) is 24.9 Å². The fraction of sp³-hybridized carbons (Fsp3) is 0.773. The Balaban J connectivity index is 1.44. The molecule has 2 saturated heterocycles. The third-order valence-corrected chi connectivity index (χ3v) is 13.5. The highest BCUT2D eigenvalue weighted by Gasteiger charge is 2.48. The number of aliphatic hydroxyl groups excluding tert-OH is 1. The summed E-state index contributed by atoms with van der Waals surface area (Å²) in [5.74, 6) is -0.689.